The second-order valence-corrected chi connectivity index (χ2v) is 7.96. The molecule has 2 heterocycles. The summed E-state index contributed by atoms with van der Waals surface area (Å²) >= 11 is 1.000. The van der Waals surface area contributed by atoms with Crippen LogP contribution in [0.3, 0.4) is 0 Å². The number of piperazine rings is 1. The number of rotatable bonds is 5. The molecule has 0 aliphatic carbocycles. The molecule has 0 unspecified atom stereocenters. The first-order chi connectivity index (χ1) is 11.5. The molecule has 0 bridgehead atoms. The van der Waals surface area contributed by atoms with Crippen molar-refractivity contribution >= 4 is 51.1 Å². The number of benzene rings is 1. The van der Waals surface area contributed by atoms with Crippen molar-refractivity contribution in [3.8, 4) is 0 Å². The van der Waals surface area contributed by atoms with Gasteiger partial charge in [0.1, 0.15) is 16.3 Å². The number of nitrogens with one attached hydrogen (secondary N) is 1. The van der Waals surface area contributed by atoms with Gasteiger partial charge in [-0.05, 0) is 19.2 Å². The molecule has 1 amide bonds. The molecule has 0 aromatic heterocycles. The Morgan fingerprint density at radius 3 is 2.64 bits per heavy atom. The number of carbonyl (C=O) groups excluding carboxylic acids is 1. The summed E-state index contributed by atoms with van der Waals surface area (Å²) < 4.78 is 35.4. The largest absolute Gasteiger partial charge is 0.340 e. The van der Waals surface area contributed by atoms with Crippen LogP contribution in [0, 0.1) is 0 Å². The van der Waals surface area contributed by atoms with Gasteiger partial charge < -0.3 is 10.2 Å². The van der Waals surface area contributed by atoms with Gasteiger partial charge in [-0.3, -0.25) is 4.79 Å². The number of hydrogen-bond acceptors (Lipinski definition) is 6. The van der Waals surface area contributed by atoms with Gasteiger partial charge >= 0.3 is 0 Å². The molecule has 1 saturated heterocycles. The fourth-order valence-corrected chi connectivity index (χ4v) is 4.87. The van der Waals surface area contributed by atoms with Crippen LogP contribution in [0.2, 0.25) is 0 Å². The zero-order chi connectivity index (χ0) is 17.2. The Bertz CT molecular complexity index is 816. The van der Waals surface area contributed by atoms with E-state index in [0.29, 0.717) is 50.5 Å². The normalized spacial score (nSPS) is 16.9. The first-order valence-corrected chi connectivity index (χ1v) is 9.85. The van der Waals surface area contributed by atoms with Crippen LogP contribution >= 0.6 is 12.4 Å². The average Bonchev–Trinajstić information content (AvgIpc) is 3.08. The number of sulfonamides is 1. The Morgan fingerprint density at radius 1 is 1.24 bits per heavy atom. The summed E-state index contributed by atoms with van der Waals surface area (Å²) in [5.41, 5.74) is 0.997. The van der Waals surface area contributed by atoms with E-state index in [1.54, 1.807) is 30.1 Å². The van der Waals surface area contributed by atoms with Gasteiger partial charge in [-0.1, -0.05) is 6.07 Å². The summed E-state index contributed by atoms with van der Waals surface area (Å²) in [6.45, 7) is 2.03. The second kappa shape index (κ2) is 8.37. The summed E-state index contributed by atoms with van der Waals surface area (Å²) in [4.78, 5) is 13.9. The molecule has 1 fully saturated rings. The van der Waals surface area contributed by atoms with Gasteiger partial charge in [0.05, 0.1) is 11.4 Å². The van der Waals surface area contributed by atoms with Crippen molar-refractivity contribution in [2.75, 3.05) is 39.8 Å². The molecule has 2 aliphatic rings. The van der Waals surface area contributed by atoms with E-state index in [4.69, 9.17) is 0 Å². The summed E-state index contributed by atoms with van der Waals surface area (Å²) in [5, 5.41) is 2.94. The molecular weight excluding hydrogens is 386 g/mol. The molecule has 0 saturated carbocycles. The lowest BCUT2D eigenvalue weighted by molar-refractivity contribution is -0.132. The Hall–Kier alpha value is -1.33. The third-order valence-corrected chi connectivity index (χ3v) is 6.52. The summed E-state index contributed by atoms with van der Waals surface area (Å²) in [6, 6.07) is 4.98. The van der Waals surface area contributed by atoms with Gasteiger partial charge in [0.15, 0.2) is 0 Å². The van der Waals surface area contributed by atoms with Crippen molar-refractivity contribution in [1.29, 1.82) is 0 Å². The van der Waals surface area contributed by atoms with Crippen LogP contribution in [0.15, 0.2) is 31.8 Å². The maximum atomic E-state index is 12.9. The van der Waals surface area contributed by atoms with Crippen LogP contribution < -0.4 is 5.32 Å². The Balaban J connectivity index is 0.00000225. The molecule has 0 radical (unpaired) electrons. The van der Waals surface area contributed by atoms with E-state index in [1.807, 2.05) is 0 Å². The molecule has 1 aromatic carbocycles. The second-order valence-electron chi connectivity index (χ2n) is 5.53. The molecule has 1 aromatic rings. The first kappa shape index (κ1) is 20.0. The van der Waals surface area contributed by atoms with Crippen LogP contribution in [0.1, 0.15) is 6.42 Å². The molecule has 3 rings (SSSR count). The van der Waals surface area contributed by atoms with Crippen LogP contribution in [0.25, 0.3) is 0 Å². The Morgan fingerprint density at radius 2 is 1.96 bits per heavy atom. The lowest BCUT2D eigenvalue weighted by Gasteiger charge is -2.34. The number of halogens is 1. The van der Waals surface area contributed by atoms with Crippen molar-refractivity contribution in [2.24, 2.45) is 8.73 Å². The molecular formula is C14H20ClN5O3S2. The zero-order valence-electron chi connectivity index (χ0n) is 13.7. The molecule has 1 N–H and O–H groups in total. The fraction of sp³-hybridized carbons (Fsp3) is 0.500. The lowest BCUT2D eigenvalue weighted by atomic mass is 10.3. The third-order valence-electron chi connectivity index (χ3n) is 4.05. The summed E-state index contributed by atoms with van der Waals surface area (Å²) in [6.07, 6.45) is 0.424. The highest BCUT2D eigenvalue weighted by Gasteiger charge is 2.32. The van der Waals surface area contributed by atoms with Gasteiger partial charge in [-0.25, -0.2) is 8.42 Å². The van der Waals surface area contributed by atoms with E-state index in [-0.39, 0.29) is 23.2 Å². The van der Waals surface area contributed by atoms with Gasteiger partial charge in [0.25, 0.3) is 0 Å². The number of hydrogen-bond donors (Lipinski definition) is 1. The predicted octanol–water partition coefficient (Wildman–Crippen LogP) is 1.28. The zero-order valence-corrected chi connectivity index (χ0v) is 16.2. The summed E-state index contributed by atoms with van der Waals surface area (Å²) in [7, 11) is -1.84. The maximum Gasteiger partial charge on any atom is 0.245 e. The molecule has 8 nitrogen and oxygen atoms in total. The van der Waals surface area contributed by atoms with Crippen molar-refractivity contribution in [3.05, 3.63) is 18.2 Å². The number of amides is 1. The highest BCUT2D eigenvalue weighted by Crippen LogP contribution is 2.38. The van der Waals surface area contributed by atoms with E-state index in [1.165, 1.54) is 4.31 Å². The van der Waals surface area contributed by atoms with Crippen LogP contribution in [-0.4, -0.2) is 63.3 Å². The highest BCUT2D eigenvalue weighted by molar-refractivity contribution is 7.89. The number of nitrogens with zero attached hydrogens (tertiary/aromatic N) is 4. The smallest absolute Gasteiger partial charge is 0.245 e. The minimum atomic E-state index is -3.64. The SMILES string of the molecule is CNCCC(=O)N1CCN(S(=O)(=O)c2cccc3c2N=S=N3)CC1.Cl. The van der Waals surface area contributed by atoms with E-state index in [0.717, 1.165) is 11.4 Å². The van der Waals surface area contributed by atoms with Gasteiger partial charge in [0, 0.05) is 39.1 Å². The van der Waals surface area contributed by atoms with E-state index >= 15 is 0 Å². The third kappa shape index (κ3) is 4.09. The maximum absolute atomic E-state index is 12.9. The molecule has 25 heavy (non-hydrogen) atoms. The van der Waals surface area contributed by atoms with Gasteiger partial charge in [-0.15, -0.1) is 12.4 Å². The monoisotopic (exact) mass is 405 g/mol. The van der Waals surface area contributed by atoms with Crippen LogP contribution in [0.4, 0.5) is 11.4 Å². The quantitative estimate of drug-likeness (QED) is 0.810. The molecule has 11 heteroatoms. The van der Waals surface area contributed by atoms with E-state index in [9.17, 15) is 13.2 Å². The average molecular weight is 406 g/mol. The number of fused-ring (bicyclic) bond motifs is 1. The standard InChI is InChI=1S/C14H19N5O3S2.ClH/c1-15-6-5-13(20)18-7-9-19(10-8-18)24(21,22)12-4-2-3-11-14(12)17-23-16-11;/h2-4,15H,5-10H2,1H3;1H. The van der Waals surface area contributed by atoms with Crippen LogP contribution in [-0.2, 0) is 26.2 Å². The highest BCUT2D eigenvalue weighted by atomic mass is 35.5. The van der Waals surface area contributed by atoms with E-state index in [2.05, 4.69) is 14.0 Å². The minimum absolute atomic E-state index is 0. The lowest BCUT2D eigenvalue weighted by Crippen LogP contribution is -2.50. The van der Waals surface area contributed by atoms with Crippen molar-refractivity contribution in [1.82, 2.24) is 14.5 Å². The van der Waals surface area contributed by atoms with Crippen LogP contribution in [0.5, 0.6) is 0 Å². The van der Waals surface area contributed by atoms with Crippen molar-refractivity contribution in [3.63, 3.8) is 0 Å². The Kier molecular flexibility index (Phi) is 6.69. The topological polar surface area (TPSA) is 94.4 Å². The van der Waals surface area contributed by atoms with Gasteiger partial charge in [0.2, 0.25) is 15.9 Å². The fourth-order valence-electron chi connectivity index (χ4n) is 2.70. The molecule has 0 spiro atoms. The van der Waals surface area contributed by atoms with Crippen molar-refractivity contribution < 1.29 is 13.2 Å². The Labute approximate surface area is 156 Å². The molecule has 0 atom stereocenters. The van der Waals surface area contributed by atoms with Crippen molar-refractivity contribution in [2.45, 2.75) is 11.3 Å². The number of carbonyl (C=O) groups is 1. The summed E-state index contributed by atoms with van der Waals surface area (Å²) in [5.74, 6) is 0.0483. The van der Waals surface area contributed by atoms with E-state index < -0.39 is 10.0 Å². The molecule has 138 valence electrons. The predicted molar refractivity (Wildman–Crippen MR) is 99.1 cm³/mol. The van der Waals surface area contributed by atoms with Gasteiger partial charge in [-0.2, -0.15) is 13.0 Å². The first-order valence-electron chi connectivity index (χ1n) is 7.68. The minimum Gasteiger partial charge on any atom is -0.340 e. The molecule has 2 aliphatic heterocycles.